The summed E-state index contributed by atoms with van der Waals surface area (Å²) in [6.07, 6.45) is 5.90. The van der Waals surface area contributed by atoms with Gasteiger partial charge >= 0.3 is 6.03 Å². The molecule has 1 saturated heterocycles. The zero-order valence-corrected chi connectivity index (χ0v) is 14.2. The molecule has 2 fully saturated rings. The summed E-state index contributed by atoms with van der Waals surface area (Å²) >= 11 is 0. The molecule has 122 valence electrons. The van der Waals surface area contributed by atoms with Gasteiger partial charge in [-0.05, 0) is 46.0 Å². The third kappa shape index (κ3) is 3.71. The van der Waals surface area contributed by atoms with Crippen molar-refractivity contribution in [3.63, 3.8) is 0 Å². The van der Waals surface area contributed by atoms with Gasteiger partial charge in [0.15, 0.2) is 9.84 Å². The maximum atomic E-state index is 12.3. The lowest BCUT2D eigenvalue weighted by Gasteiger charge is -2.31. The Morgan fingerprint density at radius 3 is 2.52 bits per heavy atom. The van der Waals surface area contributed by atoms with Gasteiger partial charge in [0.25, 0.3) is 0 Å². The number of likely N-dealkylation sites (tertiary alicyclic amines) is 1. The second-order valence-corrected chi connectivity index (χ2v) is 10.1. The van der Waals surface area contributed by atoms with E-state index in [2.05, 4.69) is 5.32 Å². The zero-order chi connectivity index (χ0) is 15.7. The summed E-state index contributed by atoms with van der Waals surface area (Å²) in [7, 11) is -3.17. The molecule has 1 aliphatic heterocycles. The van der Waals surface area contributed by atoms with Crippen LogP contribution in [0, 0.1) is 5.92 Å². The number of nitrogens with one attached hydrogen (secondary N) is 1. The van der Waals surface area contributed by atoms with Crippen molar-refractivity contribution in [2.75, 3.05) is 18.8 Å². The van der Waals surface area contributed by atoms with Gasteiger partial charge in [-0.3, -0.25) is 0 Å². The molecule has 0 aromatic rings. The molecule has 6 heteroatoms. The monoisotopic (exact) mass is 316 g/mol. The maximum absolute atomic E-state index is 12.3. The highest BCUT2D eigenvalue weighted by molar-refractivity contribution is 7.92. The fourth-order valence-corrected chi connectivity index (χ4v) is 4.34. The smallest absolute Gasteiger partial charge is 0.317 e. The van der Waals surface area contributed by atoms with Crippen molar-refractivity contribution in [2.24, 2.45) is 5.92 Å². The van der Waals surface area contributed by atoms with Crippen molar-refractivity contribution in [2.45, 2.75) is 63.7 Å². The van der Waals surface area contributed by atoms with E-state index >= 15 is 0 Å². The molecule has 21 heavy (non-hydrogen) atoms. The third-order valence-corrected chi connectivity index (χ3v) is 7.46. The molecule has 2 aliphatic rings. The van der Waals surface area contributed by atoms with E-state index in [0.717, 1.165) is 19.4 Å². The Balaban J connectivity index is 1.83. The highest BCUT2D eigenvalue weighted by Gasteiger charge is 2.38. The number of urea groups is 1. The van der Waals surface area contributed by atoms with E-state index in [1.807, 2.05) is 4.90 Å². The van der Waals surface area contributed by atoms with Crippen molar-refractivity contribution in [3.8, 4) is 0 Å². The maximum Gasteiger partial charge on any atom is 0.317 e. The molecule has 5 nitrogen and oxygen atoms in total. The van der Waals surface area contributed by atoms with Gasteiger partial charge < -0.3 is 10.2 Å². The first-order valence-corrected chi connectivity index (χ1v) is 9.64. The Kier molecular flexibility index (Phi) is 4.85. The van der Waals surface area contributed by atoms with Crippen LogP contribution in [0.3, 0.4) is 0 Å². The lowest BCUT2D eigenvalue weighted by Crippen LogP contribution is -2.46. The van der Waals surface area contributed by atoms with Crippen LogP contribution in [0.5, 0.6) is 0 Å². The van der Waals surface area contributed by atoms with Gasteiger partial charge in [0, 0.05) is 19.1 Å². The molecular weight excluding hydrogens is 288 g/mol. The number of amides is 2. The first kappa shape index (κ1) is 16.6. The van der Waals surface area contributed by atoms with Crippen LogP contribution in [-0.4, -0.2) is 49.0 Å². The number of hydrogen-bond acceptors (Lipinski definition) is 3. The lowest BCUT2D eigenvalue weighted by atomic mass is 9.85. The van der Waals surface area contributed by atoms with Crippen LogP contribution in [0.15, 0.2) is 0 Å². The molecule has 0 spiro atoms. The average molecular weight is 316 g/mol. The third-order valence-electron chi connectivity index (χ3n) is 4.85. The zero-order valence-electron chi connectivity index (χ0n) is 13.4. The predicted octanol–water partition coefficient (Wildman–Crippen LogP) is 2.17. The minimum absolute atomic E-state index is 0.00414. The fourth-order valence-electron chi connectivity index (χ4n) is 3.36. The molecular formula is C15H28N2O3S. The summed E-state index contributed by atoms with van der Waals surface area (Å²) < 4.78 is 23.3. The number of fused-ring (bicyclic) bond motifs is 1. The molecule has 2 rings (SSSR count). The van der Waals surface area contributed by atoms with Gasteiger partial charge in [0.05, 0.1) is 10.5 Å². The first-order chi connectivity index (χ1) is 9.72. The standard InChI is InChI=1S/C15H28N2O3S/c1-15(2,3)21(19,20)11-9-16-14(18)17-10-8-12-6-4-5-7-13(12)17/h12-13H,4-11H2,1-3H3,(H,16,18)/t12-,13+/m0/s1. The number of sulfone groups is 1. The van der Waals surface area contributed by atoms with Crippen LogP contribution < -0.4 is 5.32 Å². The van der Waals surface area contributed by atoms with Crippen LogP contribution in [0.1, 0.15) is 52.9 Å². The van der Waals surface area contributed by atoms with Gasteiger partial charge in [-0.1, -0.05) is 12.8 Å². The van der Waals surface area contributed by atoms with E-state index < -0.39 is 14.6 Å². The van der Waals surface area contributed by atoms with Gasteiger partial charge in [0.1, 0.15) is 0 Å². The molecule has 0 unspecified atom stereocenters. The SMILES string of the molecule is CC(C)(C)S(=O)(=O)CCNC(=O)N1CC[C@@H]2CCCC[C@H]21. The number of nitrogens with zero attached hydrogens (tertiary/aromatic N) is 1. The van der Waals surface area contributed by atoms with Crippen LogP contribution in [0.25, 0.3) is 0 Å². The highest BCUT2D eigenvalue weighted by Crippen LogP contribution is 2.35. The molecule has 1 heterocycles. The molecule has 1 aliphatic carbocycles. The minimum Gasteiger partial charge on any atom is -0.337 e. The second-order valence-electron chi connectivity index (χ2n) is 7.26. The van der Waals surface area contributed by atoms with Gasteiger partial charge in [-0.2, -0.15) is 0 Å². The van der Waals surface area contributed by atoms with Gasteiger partial charge in [-0.25, -0.2) is 13.2 Å². The summed E-state index contributed by atoms with van der Waals surface area (Å²) in [6.45, 7) is 6.09. The highest BCUT2D eigenvalue weighted by atomic mass is 32.2. The summed E-state index contributed by atoms with van der Waals surface area (Å²) in [4.78, 5) is 14.2. The van der Waals surface area contributed by atoms with Gasteiger partial charge in [-0.15, -0.1) is 0 Å². The van der Waals surface area contributed by atoms with E-state index in [1.165, 1.54) is 19.3 Å². The Morgan fingerprint density at radius 1 is 1.19 bits per heavy atom. The van der Waals surface area contributed by atoms with Crippen molar-refractivity contribution in [1.29, 1.82) is 0 Å². The van der Waals surface area contributed by atoms with Crippen molar-refractivity contribution in [3.05, 3.63) is 0 Å². The molecule has 0 radical (unpaired) electrons. The number of hydrogen-bond donors (Lipinski definition) is 1. The quantitative estimate of drug-likeness (QED) is 0.868. The topological polar surface area (TPSA) is 66.5 Å². The molecule has 0 aromatic heterocycles. The number of rotatable bonds is 3. The van der Waals surface area contributed by atoms with Crippen molar-refractivity contribution in [1.82, 2.24) is 10.2 Å². The summed E-state index contributed by atoms with van der Waals surface area (Å²) in [5.41, 5.74) is 0. The Morgan fingerprint density at radius 2 is 1.86 bits per heavy atom. The normalized spacial score (nSPS) is 26.5. The van der Waals surface area contributed by atoms with Crippen LogP contribution >= 0.6 is 0 Å². The van der Waals surface area contributed by atoms with E-state index in [-0.39, 0.29) is 18.3 Å². The van der Waals surface area contributed by atoms with E-state index in [4.69, 9.17) is 0 Å². The van der Waals surface area contributed by atoms with Crippen LogP contribution in [0.2, 0.25) is 0 Å². The predicted molar refractivity (Wildman–Crippen MR) is 84.0 cm³/mol. The molecule has 1 N–H and O–H groups in total. The molecule has 1 saturated carbocycles. The summed E-state index contributed by atoms with van der Waals surface area (Å²) in [5.74, 6) is 0.660. The van der Waals surface area contributed by atoms with E-state index in [0.29, 0.717) is 12.0 Å². The molecule has 0 bridgehead atoms. The number of carbonyl (C=O) groups is 1. The summed E-state index contributed by atoms with van der Waals surface area (Å²) in [5, 5.41) is 2.79. The first-order valence-electron chi connectivity index (χ1n) is 7.99. The van der Waals surface area contributed by atoms with E-state index in [9.17, 15) is 13.2 Å². The molecule has 2 atom stereocenters. The Labute approximate surface area is 128 Å². The minimum atomic E-state index is -3.17. The fraction of sp³-hybridized carbons (Fsp3) is 0.933. The van der Waals surface area contributed by atoms with Crippen molar-refractivity contribution < 1.29 is 13.2 Å². The number of carbonyl (C=O) groups excluding carboxylic acids is 1. The van der Waals surface area contributed by atoms with Crippen molar-refractivity contribution >= 4 is 15.9 Å². The van der Waals surface area contributed by atoms with E-state index in [1.54, 1.807) is 20.8 Å². The van der Waals surface area contributed by atoms with Gasteiger partial charge in [0.2, 0.25) is 0 Å². The molecule has 0 aromatic carbocycles. The largest absolute Gasteiger partial charge is 0.337 e. The average Bonchev–Trinajstić information content (AvgIpc) is 2.80. The Hall–Kier alpha value is -0.780. The summed E-state index contributed by atoms with van der Waals surface area (Å²) in [6, 6.07) is 0.284. The van der Waals surface area contributed by atoms with Crippen LogP contribution in [-0.2, 0) is 9.84 Å². The lowest BCUT2D eigenvalue weighted by molar-refractivity contribution is 0.170. The second kappa shape index (κ2) is 6.15. The Bertz CT molecular complexity index is 482. The molecule has 2 amide bonds. The van der Waals surface area contributed by atoms with Crippen LogP contribution in [0.4, 0.5) is 4.79 Å².